The van der Waals surface area contributed by atoms with Crippen molar-refractivity contribution in [3.05, 3.63) is 23.8 Å². The van der Waals surface area contributed by atoms with Gasteiger partial charge in [0.2, 0.25) is 0 Å². The third-order valence-electron chi connectivity index (χ3n) is 4.40. The van der Waals surface area contributed by atoms with Crippen LogP contribution in [0.3, 0.4) is 0 Å². The molecule has 2 atom stereocenters. The van der Waals surface area contributed by atoms with Gasteiger partial charge in [-0.05, 0) is 37.8 Å². The lowest BCUT2D eigenvalue weighted by Crippen LogP contribution is -2.48. The summed E-state index contributed by atoms with van der Waals surface area (Å²) in [6.07, 6.45) is 3.04. The second-order valence-electron chi connectivity index (χ2n) is 5.68. The number of methoxy groups -OCH3 is 1. The van der Waals surface area contributed by atoms with E-state index in [2.05, 4.69) is 0 Å². The number of aliphatic hydroxyl groups is 1. The number of hydrogen-bond acceptors (Lipinski definition) is 4. The Balaban J connectivity index is 1.90. The van der Waals surface area contributed by atoms with E-state index in [1.165, 1.54) is 0 Å². The van der Waals surface area contributed by atoms with Crippen molar-refractivity contribution in [2.45, 2.75) is 43.9 Å². The summed E-state index contributed by atoms with van der Waals surface area (Å²) in [6, 6.07) is 5.42. The summed E-state index contributed by atoms with van der Waals surface area (Å²) < 4.78 is 5.27. The number of ether oxygens (including phenoxy) is 1. The van der Waals surface area contributed by atoms with Gasteiger partial charge < -0.3 is 20.5 Å². The number of nitrogens with two attached hydrogens (primary N) is 1. The second kappa shape index (κ2) is 4.98. The fourth-order valence-electron chi connectivity index (χ4n) is 3.50. The number of anilines is 1. The van der Waals surface area contributed by atoms with Crippen LogP contribution in [0.1, 0.15) is 36.0 Å². The predicted octanol–water partition coefficient (Wildman–Crippen LogP) is 1.41. The van der Waals surface area contributed by atoms with Gasteiger partial charge in [0, 0.05) is 23.8 Å². The van der Waals surface area contributed by atoms with E-state index in [0.717, 1.165) is 12.8 Å². The molecule has 5 nitrogen and oxygen atoms in total. The summed E-state index contributed by atoms with van der Waals surface area (Å²) in [6.45, 7) is 0. The van der Waals surface area contributed by atoms with Crippen LogP contribution in [-0.4, -0.2) is 41.2 Å². The maximum atomic E-state index is 12.8. The van der Waals surface area contributed by atoms with Crippen LogP contribution < -0.4 is 10.5 Å². The van der Waals surface area contributed by atoms with E-state index in [9.17, 15) is 9.90 Å². The van der Waals surface area contributed by atoms with Crippen LogP contribution in [0.25, 0.3) is 0 Å². The molecular formula is C15H20N2O3. The van der Waals surface area contributed by atoms with E-state index in [1.807, 2.05) is 4.90 Å². The minimum atomic E-state index is -0.273. The third kappa shape index (κ3) is 2.12. The first kappa shape index (κ1) is 13.2. The highest BCUT2D eigenvalue weighted by molar-refractivity contribution is 5.98. The van der Waals surface area contributed by atoms with Crippen LogP contribution in [0.2, 0.25) is 0 Å². The zero-order chi connectivity index (χ0) is 14.3. The lowest BCUT2D eigenvalue weighted by molar-refractivity contribution is 0.0285. The molecule has 2 bridgehead atoms. The van der Waals surface area contributed by atoms with E-state index in [1.54, 1.807) is 25.3 Å². The number of benzene rings is 1. The smallest absolute Gasteiger partial charge is 0.258 e. The first-order valence-electron chi connectivity index (χ1n) is 7.04. The molecule has 0 saturated carbocycles. The van der Waals surface area contributed by atoms with Gasteiger partial charge >= 0.3 is 0 Å². The molecule has 2 saturated heterocycles. The molecule has 1 aromatic carbocycles. The van der Waals surface area contributed by atoms with Crippen LogP contribution >= 0.6 is 0 Å². The summed E-state index contributed by atoms with van der Waals surface area (Å²) in [5.41, 5.74) is 6.86. The Kier molecular flexibility index (Phi) is 3.30. The fraction of sp³-hybridized carbons (Fsp3) is 0.533. The van der Waals surface area contributed by atoms with Gasteiger partial charge in [-0.25, -0.2) is 0 Å². The molecule has 2 aliphatic rings. The van der Waals surface area contributed by atoms with Gasteiger partial charge in [-0.1, -0.05) is 0 Å². The van der Waals surface area contributed by atoms with Crippen molar-refractivity contribution >= 4 is 11.6 Å². The van der Waals surface area contributed by atoms with Gasteiger partial charge in [-0.3, -0.25) is 4.79 Å². The molecule has 2 fully saturated rings. The summed E-state index contributed by atoms with van der Waals surface area (Å²) >= 11 is 0. The van der Waals surface area contributed by atoms with Gasteiger partial charge in [-0.2, -0.15) is 0 Å². The molecule has 2 heterocycles. The van der Waals surface area contributed by atoms with Crippen molar-refractivity contribution < 1.29 is 14.6 Å². The molecule has 2 unspecified atom stereocenters. The lowest BCUT2D eigenvalue weighted by atomic mass is 9.98. The molecule has 1 aromatic rings. The van der Waals surface area contributed by atoms with E-state index < -0.39 is 0 Å². The highest BCUT2D eigenvalue weighted by Crippen LogP contribution is 2.38. The first-order chi connectivity index (χ1) is 9.60. The number of nitrogen functional groups attached to an aromatic ring is 1. The summed E-state index contributed by atoms with van der Waals surface area (Å²) in [5, 5.41) is 9.82. The average Bonchev–Trinajstić information content (AvgIpc) is 2.70. The van der Waals surface area contributed by atoms with Gasteiger partial charge in [-0.15, -0.1) is 0 Å². The number of nitrogens with zero attached hydrogens (tertiary/aromatic N) is 1. The molecule has 0 aliphatic carbocycles. The predicted molar refractivity (Wildman–Crippen MR) is 75.6 cm³/mol. The van der Waals surface area contributed by atoms with Gasteiger partial charge in [0.05, 0.1) is 18.8 Å². The Morgan fingerprint density at radius 3 is 2.60 bits per heavy atom. The number of carbonyl (C=O) groups is 1. The summed E-state index contributed by atoms with van der Waals surface area (Å²) in [4.78, 5) is 14.7. The second-order valence-corrected chi connectivity index (χ2v) is 5.68. The number of fused-ring (bicyclic) bond motifs is 2. The number of piperidine rings is 1. The molecule has 0 spiro atoms. The molecule has 3 N–H and O–H groups in total. The fourth-order valence-corrected chi connectivity index (χ4v) is 3.50. The average molecular weight is 276 g/mol. The van der Waals surface area contributed by atoms with E-state index in [-0.39, 0.29) is 24.1 Å². The lowest BCUT2D eigenvalue weighted by Gasteiger charge is -2.37. The number of rotatable bonds is 2. The molecule has 20 heavy (non-hydrogen) atoms. The van der Waals surface area contributed by atoms with Crippen LogP contribution in [0.4, 0.5) is 5.69 Å². The summed E-state index contributed by atoms with van der Waals surface area (Å²) in [7, 11) is 1.54. The SMILES string of the molecule is COc1cc(N)ccc1C(=O)N1C2CCC1CC(O)C2. The highest BCUT2D eigenvalue weighted by atomic mass is 16.5. The van der Waals surface area contributed by atoms with Crippen LogP contribution in [0.15, 0.2) is 18.2 Å². The normalized spacial score (nSPS) is 28.5. The molecule has 0 aromatic heterocycles. The Bertz CT molecular complexity index is 518. The maximum Gasteiger partial charge on any atom is 0.258 e. The van der Waals surface area contributed by atoms with Crippen LogP contribution in [0, 0.1) is 0 Å². The van der Waals surface area contributed by atoms with E-state index in [0.29, 0.717) is 29.8 Å². The van der Waals surface area contributed by atoms with E-state index in [4.69, 9.17) is 10.5 Å². The van der Waals surface area contributed by atoms with Crippen molar-refractivity contribution in [1.82, 2.24) is 4.90 Å². The third-order valence-corrected chi connectivity index (χ3v) is 4.40. The Labute approximate surface area is 118 Å². The molecule has 108 valence electrons. The number of hydrogen-bond donors (Lipinski definition) is 2. The minimum absolute atomic E-state index is 0.0127. The standard InChI is InChI=1S/C15H20N2O3/c1-20-14-6-9(16)2-5-13(14)15(19)17-10-3-4-11(17)8-12(18)7-10/h2,5-6,10-12,18H,3-4,7-8,16H2,1H3. The Morgan fingerprint density at radius 1 is 1.35 bits per heavy atom. The Morgan fingerprint density at radius 2 is 2.00 bits per heavy atom. The number of aliphatic hydroxyl groups excluding tert-OH is 1. The van der Waals surface area contributed by atoms with E-state index >= 15 is 0 Å². The van der Waals surface area contributed by atoms with Crippen LogP contribution in [-0.2, 0) is 0 Å². The van der Waals surface area contributed by atoms with Crippen molar-refractivity contribution in [3.63, 3.8) is 0 Å². The topological polar surface area (TPSA) is 75.8 Å². The first-order valence-corrected chi connectivity index (χ1v) is 7.04. The van der Waals surface area contributed by atoms with Crippen molar-refractivity contribution in [1.29, 1.82) is 0 Å². The van der Waals surface area contributed by atoms with Crippen LogP contribution in [0.5, 0.6) is 5.75 Å². The van der Waals surface area contributed by atoms with Gasteiger partial charge in [0.15, 0.2) is 0 Å². The maximum absolute atomic E-state index is 12.8. The Hall–Kier alpha value is -1.75. The molecular weight excluding hydrogens is 256 g/mol. The number of amides is 1. The zero-order valence-corrected chi connectivity index (χ0v) is 11.6. The van der Waals surface area contributed by atoms with Crippen molar-refractivity contribution in [2.24, 2.45) is 0 Å². The molecule has 2 aliphatic heterocycles. The quantitative estimate of drug-likeness (QED) is 0.801. The highest BCUT2D eigenvalue weighted by Gasteiger charge is 2.43. The molecule has 0 radical (unpaired) electrons. The largest absolute Gasteiger partial charge is 0.496 e. The van der Waals surface area contributed by atoms with Gasteiger partial charge in [0.25, 0.3) is 5.91 Å². The summed E-state index contributed by atoms with van der Waals surface area (Å²) in [5.74, 6) is 0.502. The molecule has 1 amide bonds. The van der Waals surface area contributed by atoms with Gasteiger partial charge in [0.1, 0.15) is 5.75 Å². The zero-order valence-electron chi connectivity index (χ0n) is 11.6. The number of carbonyl (C=O) groups excluding carboxylic acids is 1. The molecule has 3 rings (SSSR count). The van der Waals surface area contributed by atoms with Crippen molar-refractivity contribution in [3.8, 4) is 5.75 Å². The minimum Gasteiger partial charge on any atom is -0.496 e. The van der Waals surface area contributed by atoms with Crippen molar-refractivity contribution in [2.75, 3.05) is 12.8 Å². The molecule has 5 heteroatoms. The monoisotopic (exact) mass is 276 g/mol.